The van der Waals surface area contributed by atoms with Crippen LogP contribution in [0.25, 0.3) is 0 Å². The average Bonchev–Trinajstić information content (AvgIpc) is 2.25. The summed E-state index contributed by atoms with van der Waals surface area (Å²) >= 11 is 9.31. The highest BCUT2D eigenvalue weighted by molar-refractivity contribution is 9.10. The van der Waals surface area contributed by atoms with Crippen molar-refractivity contribution < 1.29 is 4.79 Å². The van der Waals surface area contributed by atoms with Crippen molar-refractivity contribution in [2.24, 2.45) is 0 Å². The molecule has 1 aliphatic heterocycles. The van der Waals surface area contributed by atoms with Gasteiger partial charge < -0.3 is 10.2 Å². The van der Waals surface area contributed by atoms with E-state index in [0.29, 0.717) is 16.6 Å². The Morgan fingerprint density at radius 2 is 2.28 bits per heavy atom. The number of hydrogen-bond acceptors (Lipinski definition) is 2. The molecule has 5 heteroatoms. The summed E-state index contributed by atoms with van der Waals surface area (Å²) in [5.74, 6) is 0.0758. The number of hydrogen-bond donors (Lipinski definition) is 1. The summed E-state index contributed by atoms with van der Waals surface area (Å²) in [6, 6.07) is 5.62. The van der Waals surface area contributed by atoms with E-state index in [1.165, 1.54) is 0 Å². The highest BCUT2D eigenvalue weighted by Gasteiger charge is 2.29. The molecule has 1 aromatic carbocycles. The maximum absolute atomic E-state index is 12.5. The van der Waals surface area contributed by atoms with Crippen molar-refractivity contribution in [2.45, 2.75) is 19.4 Å². The molecule has 1 aromatic rings. The standard InChI is InChI=1S/C13H16BrClN2O/c1-2-5-17(10-7-16-8-10)13(18)11-4-3-9(15)6-12(11)14/h3-4,6,10,16H,2,5,7-8H2,1H3. The summed E-state index contributed by atoms with van der Waals surface area (Å²) in [6.45, 7) is 4.65. The first-order valence-corrected chi connectivity index (χ1v) is 7.27. The van der Waals surface area contributed by atoms with Gasteiger partial charge in [-0.3, -0.25) is 4.79 Å². The van der Waals surface area contributed by atoms with Crippen LogP contribution in [0.5, 0.6) is 0 Å². The third-order valence-corrected chi connectivity index (χ3v) is 3.98. The molecule has 1 saturated heterocycles. The lowest BCUT2D eigenvalue weighted by Crippen LogP contribution is -2.59. The monoisotopic (exact) mass is 330 g/mol. The van der Waals surface area contributed by atoms with Crippen LogP contribution in [0.1, 0.15) is 23.7 Å². The minimum atomic E-state index is 0.0758. The van der Waals surface area contributed by atoms with Crippen molar-refractivity contribution in [1.82, 2.24) is 10.2 Å². The molecule has 18 heavy (non-hydrogen) atoms. The Labute approximate surface area is 121 Å². The van der Waals surface area contributed by atoms with Crippen LogP contribution in [0.2, 0.25) is 5.02 Å². The van der Waals surface area contributed by atoms with Crippen LogP contribution in [-0.4, -0.2) is 36.5 Å². The van der Waals surface area contributed by atoms with E-state index in [4.69, 9.17) is 11.6 Å². The summed E-state index contributed by atoms with van der Waals surface area (Å²) in [5.41, 5.74) is 0.680. The first-order valence-electron chi connectivity index (χ1n) is 6.10. The van der Waals surface area contributed by atoms with E-state index in [1.54, 1.807) is 18.2 Å². The van der Waals surface area contributed by atoms with Crippen LogP contribution >= 0.6 is 27.5 Å². The Balaban J connectivity index is 2.21. The van der Waals surface area contributed by atoms with Crippen molar-refractivity contribution in [1.29, 1.82) is 0 Å². The van der Waals surface area contributed by atoms with Gasteiger partial charge in [-0.15, -0.1) is 0 Å². The molecule has 1 fully saturated rings. The van der Waals surface area contributed by atoms with Gasteiger partial charge in [0.15, 0.2) is 0 Å². The smallest absolute Gasteiger partial charge is 0.255 e. The predicted molar refractivity (Wildman–Crippen MR) is 77.1 cm³/mol. The predicted octanol–water partition coefficient (Wildman–Crippen LogP) is 2.93. The number of amides is 1. The third kappa shape index (κ3) is 2.87. The normalized spacial score (nSPS) is 15.3. The van der Waals surface area contributed by atoms with Gasteiger partial charge in [0, 0.05) is 29.1 Å². The summed E-state index contributed by atoms with van der Waals surface area (Å²) in [4.78, 5) is 14.5. The lowest BCUT2D eigenvalue weighted by molar-refractivity contribution is 0.0615. The van der Waals surface area contributed by atoms with Gasteiger partial charge in [0.2, 0.25) is 0 Å². The molecule has 1 aliphatic rings. The molecule has 0 spiro atoms. The van der Waals surface area contributed by atoms with Gasteiger partial charge in [-0.05, 0) is 40.5 Å². The van der Waals surface area contributed by atoms with E-state index < -0.39 is 0 Å². The molecule has 0 atom stereocenters. The minimum Gasteiger partial charge on any atom is -0.333 e. The first-order chi connectivity index (χ1) is 8.63. The second-order valence-corrected chi connectivity index (χ2v) is 5.73. The maximum Gasteiger partial charge on any atom is 0.255 e. The number of rotatable bonds is 4. The van der Waals surface area contributed by atoms with Crippen LogP contribution in [0.4, 0.5) is 0 Å². The van der Waals surface area contributed by atoms with Crippen molar-refractivity contribution in [3.05, 3.63) is 33.3 Å². The zero-order valence-electron chi connectivity index (χ0n) is 10.2. The fourth-order valence-corrected chi connectivity index (χ4v) is 2.85. The second-order valence-electron chi connectivity index (χ2n) is 4.43. The molecule has 0 bridgehead atoms. The number of carbonyl (C=O) groups is 1. The molecule has 0 saturated carbocycles. The minimum absolute atomic E-state index is 0.0758. The Kier molecular flexibility index (Phi) is 4.65. The van der Waals surface area contributed by atoms with Crippen LogP contribution in [0.15, 0.2) is 22.7 Å². The SMILES string of the molecule is CCCN(C(=O)c1ccc(Cl)cc1Br)C1CNC1. The lowest BCUT2D eigenvalue weighted by Gasteiger charge is -2.38. The van der Waals surface area contributed by atoms with E-state index in [2.05, 4.69) is 28.2 Å². The lowest BCUT2D eigenvalue weighted by atomic mass is 10.1. The Hall–Kier alpha value is -0.580. The second kappa shape index (κ2) is 6.04. The van der Waals surface area contributed by atoms with Crippen LogP contribution < -0.4 is 5.32 Å². The highest BCUT2D eigenvalue weighted by Crippen LogP contribution is 2.24. The largest absolute Gasteiger partial charge is 0.333 e. The highest BCUT2D eigenvalue weighted by atomic mass is 79.9. The van der Waals surface area contributed by atoms with Crippen molar-refractivity contribution in [3.63, 3.8) is 0 Å². The summed E-state index contributed by atoms with van der Waals surface area (Å²) in [6.07, 6.45) is 0.966. The van der Waals surface area contributed by atoms with E-state index in [0.717, 1.165) is 30.5 Å². The van der Waals surface area contributed by atoms with Crippen LogP contribution in [0.3, 0.4) is 0 Å². The summed E-state index contributed by atoms with van der Waals surface area (Å²) < 4.78 is 0.758. The molecule has 1 heterocycles. The quantitative estimate of drug-likeness (QED) is 0.920. The van der Waals surface area contributed by atoms with Gasteiger partial charge in [-0.2, -0.15) is 0 Å². The zero-order valence-corrected chi connectivity index (χ0v) is 12.6. The molecule has 2 rings (SSSR count). The molecular formula is C13H16BrClN2O. The molecule has 0 aliphatic carbocycles. The average molecular weight is 332 g/mol. The molecular weight excluding hydrogens is 316 g/mol. The summed E-state index contributed by atoms with van der Waals surface area (Å²) in [7, 11) is 0. The van der Waals surface area contributed by atoms with Crippen molar-refractivity contribution in [2.75, 3.05) is 19.6 Å². The van der Waals surface area contributed by atoms with Gasteiger partial charge in [0.25, 0.3) is 5.91 Å². The third-order valence-electron chi connectivity index (χ3n) is 3.09. The van der Waals surface area contributed by atoms with Crippen molar-refractivity contribution >= 4 is 33.4 Å². The fourth-order valence-electron chi connectivity index (χ4n) is 2.00. The van der Waals surface area contributed by atoms with Crippen molar-refractivity contribution in [3.8, 4) is 0 Å². The molecule has 1 amide bonds. The van der Waals surface area contributed by atoms with E-state index >= 15 is 0 Å². The molecule has 0 radical (unpaired) electrons. The number of nitrogens with one attached hydrogen (secondary N) is 1. The van der Waals surface area contributed by atoms with E-state index in [1.807, 2.05) is 4.90 Å². The number of carbonyl (C=O) groups excluding carboxylic acids is 1. The van der Waals surface area contributed by atoms with E-state index in [-0.39, 0.29) is 5.91 Å². The van der Waals surface area contributed by atoms with Gasteiger partial charge in [-0.25, -0.2) is 0 Å². The molecule has 0 aromatic heterocycles. The number of nitrogens with zero attached hydrogens (tertiary/aromatic N) is 1. The Bertz CT molecular complexity index is 449. The van der Waals surface area contributed by atoms with E-state index in [9.17, 15) is 4.79 Å². The fraction of sp³-hybridized carbons (Fsp3) is 0.462. The topological polar surface area (TPSA) is 32.3 Å². The number of halogens is 2. The van der Waals surface area contributed by atoms with Gasteiger partial charge in [-0.1, -0.05) is 18.5 Å². The van der Waals surface area contributed by atoms with Crippen LogP contribution in [0, 0.1) is 0 Å². The van der Waals surface area contributed by atoms with Crippen LogP contribution in [-0.2, 0) is 0 Å². The Morgan fingerprint density at radius 1 is 1.56 bits per heavy atom. The van der Waals surface area contributed by atoms with Gasteiger partial charge in [0.1, 0.15) is 0 Å². The summed E-state index contributed by atoms with van der Waals surface area (Å²) in [5, 5.41) is 3.83. The molecule has 98 valence electrons. The molecule has 3 nitrogen and oxygen atoms in total. The maximum atomic E-state index is 12.5. The zero-order chi connectivity index (χ0) is 13.1. The van der Waals surface area contributed by atoms with Gasteiger partial charge >= 0.3 is 0 Å². The molecule has 1 N–H and O–H groups in total. The molecule has 0 unspecified atom stereocenters. The van der Waals surface area contributed by atoms with Gasteiger partial charge in [0.05, 0.1) is 11.6 Å². The Morgan fingerprint density at radius 3 is 2.78 bits per heavy atom. The first kappa shape index (κ1) is 13.8. The number of benzene rings is 1.